The zero-order valence-corrected chi connectivity index (χ0v) is 7.73. The Balaban J connectivity index is 2.33. The molecule has 3 heteroatoms. The smallest absolute Gasteiger partial charge is 0.0745 e. The van der Waals surface area contributed by atoms with Crippen molar-refractivity contribution in [3.63, 3.8) is 0 Å². The zero-order valence-electron chi connectivity index (χ0n) is 7.73. The highest BCUT2D eigenvalue weighted by Crippen LogP contribution is 2.06. The maximum absolute atomic E-state index is 8.93. The SMILES string of the molecule is CC(O)COCc1ccc(N)cc1. The number of hydrogen-bond acceptors (Lipinski definition) is 3. The van der Waals surface area contributed by atoms with Gasteiger partial charge in [-0.05, 0) is 24.6 Å². The maximum Gasteiger partial charge on any atom is 0.0745 e. The number of benzene rings is 1. The largest absolute Gasteiger partial charge is 0.399 e. The van der Waals surface area contributed by atoms with Crippen LogP contribution in [0, 0.1) is 0 Å². The van der Waals surface area contributed by atoms with Gasteiger partial charge in [-0.3, -0.25) is 0 Å². The van der Waals surface area contributed by atoms with Crippen molar-refractivity contribution in [1.29, 1.82) is 0 Å². The summed E-state index contributed by atoms with van der Waals surface area (Å²) < 4.78 is 5.23. The Bertz CT molecular complexity index is 244. The van der Waals surface area contributed by atoms with Crippen LogP contribution in [0.25, 0.3) is 0 Å². The third kappa shape index (κ3) is 3.92. The topological polar surface area (TPSA) is 55.5 Å². The fourth-order valence-electron chi connectivity index (χ4n) is 0.961. The van der Waals surface area contributed by atoms with Gasteiger partial charge in [0.15, 0.2) is 0 Å². The third-order valence-electron chi connectivity index (χ3n) is 1.61. The fraction of sp³-hybridized carbons (Fsp3) is 0.400. The number of aliphatic hydroxyl groups is 1. The van der Waals surface area contributed by atoms with Gasteiger partial charge >= 0.3 is 0 Å². The lowest BCUT2D eigenvalue weighted by Gasteiger charge is -2.06. The van der Waals surface area contributed by atoms with E-state index in [0.717, 1.165) is 11.3 Å². The lowest BCUT2D eigenvalue weighted by atomic mass is 10.2. The number of rotatable bonds is 4. The van der Waals surface area contributed by atoms with Crippen LogP contribution in [-0.4, -0.2) is 17.8 Å². The molecule has 0 bridgehead atoms. The predicted molar refractivity (Wildman–Crippen MR) is 52.2 cm³/mol. The highest BCUT2D eigenvalue weighted by molar-refractivity contribution is 5.39. The quantitative estimate of drug-likeness (QED) is 0.685. The van der Waals surface area contributed by atoms with E-state index in [-0.39, 0.29) is 0 Å². The minimum absolute atomic E-state index is 0.365. The van der Waals surface area contributed by atoms with Crippen molar-refractivity contribution < 1.29 is 9.84 Å². The van der Waals surface area contributed by atoms with E-state index in [1.165, 1.54) is 0 Å². The van der Waals surface area contributed by atoms with Crippen LogP contribution < -0.4 is 5.73 Å². The molecule has 0 fully saturated rings. The molecular weight excluding hydrogens is 166 g/mol. The first-order valence-electron chi connectivity index (χ1n) is 4.28. The Morgan fingerprint density at radius 2 is 2.00 bits per heavy atom. The van der Waals surface area contributed by atoms with Gasteiger partial charge < -0.3 is 15.6 Å². The van der Waals surface area contributed by atoms with Crippen molar-refractivity contribution in [3.05, 3.63) is 29.8 Å². The summed E-state index contributed by atoms with van der Waals surface area (Å²) in [5, 5.41) is 8.93. The molecule has 0 amide bonds. The average molecular weight is 181 g/mol. The molecule has 1 aromatic rings. The van der Waals surface area contributed by atoms with E-state index in [2.05, 4.69) is 0 Å². The predicted octanol–water partition coefficient (Wildman–Crippen LogP) is 1.17. The third-order valence-corrected chi connectivity index (χ3v) is 1.61. The number of ether oxygens (including phenoxy) is 1. The van der Waals surface area contributed by atoms with Crippen molar-refractivity contribution >= 4 is 5.69 Å². The first-order chi connectivity index (χ1) is 6.18. The molecule has 3 nitrogen and oxygen atoms in total. The highest BCUT2D eigenvalue weighted by atomic mass is 16.5. The normalized spacial score (nSPS) is 12.8. The van der Waals surface area contributed by atoms with Gasteiger partial charge in [-0.1, -0.05) is 12.1 Å². The molecule has 0 aromatic heterocycles. The zero-order chi connectivity index (χ0) is 9.68. The molecule has 0 aliphatic heterocycles. The Morgan fingerprint density at radius 1 is 1.38 bits per heavy atom. The van der Waals surface area contributed by atoms with Crippen LogP contribution in [0.5, 0.6) is 0 Å². The molecule has 0 spiro atoms. The highest BCUT2D eigenvalue weighted by Gasteiger charge is 1.96. The van der Waals surface area contributed by atoms with E-state index in [4.69, 9.17) is 15.6 Å². The molecule has 72 valence electrons. The summed E-state index contributed by atoms with van der Waals surface area (Å²) >= 11 is 0. The standard InChI is InChI=1S/C10H15NO2/c1-8(12)6-13-7-9-2-4-10(11)5-3-9/h2-5,8,12H,6-7,11H2,1H3. The van der Waals surface area contributed by atoms with Gasteiger partial charge in [0.1, 0.15) is 0 Å². The Labute approximate surface area is 78.1 Å². The van der Waals surface area contributed by atoms with Gasteiger partial charge in [-0.15, -0.1) is 0 Å². The summed E-state index contributed by atoms with van der Waals surface area (Å²) in [7, 11) is 0. The van der Waals surface area contributed by atoms with E-state index < -0.39 is 6.10 Å². The molecule has 0 aliphatic carbocycles. The van der Waals surface area contributed by atoms with Crippen LogP contribution >= 0.6 is 0 Å². The number of aliphatic hydroxyl groups excluding tert-OH is 1. The maximum atomic E-state index is 8.93. The van der Waals surface area contributed by atoms with Gasteiger partial charge in [-0.25, -0.2) is 0 Å². The second kappa shape index (κ2) is 4.84. The van der Waals surface area contributed by atoms with Gasteiger partial charge in [0.2, 0.25) is 0 Å². The van der Waals surface area contributed by atoms with Crippen molar-refractivity contribution in [2.45, 2.75) is 19.6 Å². The summed E-state index contributed by atoms with van der Waals surface area (Å²) in [5.74, 6) is 0. The molecule has 1 unspecified atom stereocenters. The fourth-order valence-corrected chi connectivity index (χ4v) is 0.961. The second-order valence-corrected chi connectivity index (χ2v) is 3.11. The molecule has 13 heavy (non-hydrogen) atoms. The van der Waals surface area contributed by atoms with Crippen LogP contribution in [0.3, 0.4) is 0 Å². The molecule has 0 radical (unpaired) electrons. The minimum Gasteiger partial charge on any atom is -0.399 e. The molecule has 3 N–H and O–H groups in total. The molecule has 1 rings (SSSR count). The lowest BCUT2D eigenvalue weighted by molar-refractivity contribution is 0.0376. The summed E-state index contributed by atoms with van der Waals surface area (Å²) in [4.78, 5) is 0. The first kappa shape index (κ1) is 10.0. The van der Waals surface area contributed by atoms with Crippen LogP contribution in [0.15, 0.2) is 24.3 Å². The van der Waals surface area contributed by atoms with E-state index in [1.54, 1.807) is 6.92 Å². The minimum atomic E-state index is -0.409. The first-order valence-corrected chi connectivity index (χ1v) is 4.28. The number of anilines is 1. The summed E-state index contributed by atoms with van der Waals surface area (Å²) in [6, 6.07) is 7.50. The van der Waals surface area contributed by atoms with E-state index in [9.17, 15) is 0 Å². The van der Waals surface area contributed by atoms with Gasteiger partial charge in [0, 0.05) is 5.69 Å². The van der Waals surface area contributed by atoms with Crippen LogP contribution in [0.1, 0.15) is 12.5 Å². The molecule has 1 atom stereocenters. The summed E-state index contributed by atoms with van der Waals surface area (Å²) in [6.45, 7) is 2.58. The van der Waals surface area contributed by atoms with Crippen LogP contribution in [0.4, 0.5) is 5.69 Å². The number of nitrogen functional groups attached to an aromatic ring is 1. The van der Waals surface area contributed by atoms with Gasteiger partial charge in [0.05, 0.1) is 19.3 Å². The second-order valence-electron chi connectivity index (χ2n) is 3.11. The van der Waals surface area contributed by atoms with E-state index in [0.29, 0.717) is 13.2 Å². The van der Waals surface area contributed by atoms with Crippen LogP contribution in [0.2, 0.25) is 0 Å². The number of nitrogens with two attached hydrogens (primary N) is 1. The van der Waals surface area contributed by atoms with Crippen molar-refractivity contribution in [3.8, 4) is 0 Å². The Morgan fingerprint density at radius 3 is 2.54 bits per heavy atom. The van der Waals surface area contributed by atoms with E-state index >= 15 is 0 Å². The Hall–Kier alpha value is -1.06. The molecule has 1 aromatic carbocycles. The summed E-state index contributed by atoms with van der Waals surface area (Å²) in [6.07, 6.45) is -0.409. The average Bonchev–Trinajstić information content (AvgIpc) is 2.08. The molecule has 0 heterocycles. The lowest BCUT2D eigenvalue weighted by Crippen LogP contribution is -2.09. The summed E-state index contributed by atoms with van der Waals surface area (Å²) in [5.41, 5.74) is 7.34. The number of hydrogen-bond donors (Lipinski definition) is 2. The van der Waals surface area contributed by atoms with Crippen molar-refractivity contribution in [1.82, 2.24) is 0 Å². The van der Waals surface area contributed by atoms with Gasteiger partial charge in [0.25, 0.3) is 0 Å². The monoisotopic (exact) mass is 181 g/mol. The Kier molecular flexibility index (Phi) is 3.73. The van der Waals surface area contributed by atoms with E-state index in [1.807, 2.05) is 24.3 Å². The molecule has 0 saturated heterocycles. The molecule has 0 aliphatic rings. The molecule has 0 saturated carbocycles. The van der Waals surface area contributed by atoms with Crippen molar-refractivity contribution in [2.75, 3.05) is 12.3 Å². The molecular formula is C10H15NO2. The van der Waals surface area contributed by atoms with Gasteiger partial charge in [-0.2, -0.15) is 0 Å². The van der Waals surface area contributed by atoms with Crippen molar-refractivity contribution in [2.24, 2.45) is 0 Å². The van der Waals surface area contributed by atoms with Crippen LogP contribution in [-0.2, 0) is 11.3 Å².